The van der Waals surface area contributed by atoms with Crippen LogP contribution in [-0.4, -0.2) is 14.7 Å². The van der Waals surface area contributed by atoms with Crippen molar-refractivity contribution in [2.45, 2.75) is 6.54 Å². The van der Waals surface area contributed by atoms with E-state index >= 15 is 0 Å². The number of halogens is 1. The molecule has 0 saturated heterocycles. The zero-order chi connectivity index (χ0) is 13.1. The average molecular weight is 250 g/mol. The van der Waals surface area contributed by atoms with Crippen LogP contribution in [0.2, 0.25) is 0 Å². The Hall–Kier alpha value is -2.44. The van der Waals surface area contributed by atoms with E-state index in [-0.39, 0.29) is 5.69 Å². The van der Waals surface area contributed by atoms with Crippen molar-refractivity contribution in [3.63, 3.8) is 0 Å². The highest BCUT2D eigenvalue weighted by molar-refractivity contribution is 5.41. The second kappa shape index (κ2) is 4.82. The number of rotatable bonds is 4. The molecule has 2 aromatic rings. The fraction of sp³-hybridized carbons (Fsp3) is 0.182. The topological polar surface area (TPSA) is 73.0 Å². The molecule has 0 bridgehead atoms. The van der Waals surface area contributed by atoms with E-state index in [0.29, 0.717) is 12.1 Å². The van der Waals surface area contributed by atoms with Crippen LogP contribution < -0.4 is 5.32 Å². The lowest BCUT2D eigenvalue weighted by atomic mass is 10.2. The van der Waals surface area contributed by atoms with Gasteiger partial charge in [0.1, 0.15) is 5.82 Å². The number of nitrogens with one attached hydrogen (secondary N) is 1. The predicted octanol–water partition coefficient (Wildman–Crippen LogP) is 2.08. The van der Waals surface area contributed by atoms with Gasteiger partial charge in [-0.05, 0) is 11.6 Å². The second-order valence-electron chi connectivity index (χ2n) is 3.83. The molecule has 0 amide bonds. The van der Waals surface area contributed by atoms with Crippen LogP contribution in [0.15, 0.2) is 30.6 Å². The molecule has 0 spiro atoms. The van der Waals surface area contributed by atoms with Gasteiger partial charge < -0.3 is 5.32 Å². The maximum Gasteiger partial charge on any atom is 0.272 e. The zero-order valence-electron chi connectivity index (χ0n) is 9.63. The Morgan fingerprint density at radius 1 is 1.50 bits per heavy atom. The number of anilines is 1. The predicted molar refractivity (Wildman–Crippen MR) is 63.6 cm³/mol. The standard InChI is InChI=1S/C11H11FN4O2/c1-15-7-10(6-14-15)13-5-8-2-9(12)4-11(3-8)16(17)18/h2-4,6-7,13H,5H2,1H3. The highest BCUT2D eigenvalue weighted by Gasteiger charge is 2.09. The van der Waals surface area contributed by atoms with Gasteiger partial charge in [0.2, 0.25) is 0 Å². The number of aryl methyl sites for hydroxylation is 1. The molecule has 0 radical (unpaired) electrons. The van der Waals surface area contributed by atoms with Gasteiger partial charge in [-0.3, -0.25) is 14.8 Å². The van der Waals surface area contributed by atoms with E-state index in [1.807, 2.05) is 0 Å². The number of benzene rings is 1. The normalized spacial score (nSPS) is 10.3. The summed E-state index contributed by atoms with van der Waals surface area (Å²) >= 11 is 0. The Bertz CT molecular complexity index is 582. The van der Waals surface area contributed by atoms with E-state index in [2.05, 4.69) is 10.4 Å². The highest BCUT2D eigenvalue weighted by atomic mass is 19.1. The first kappa shape index (κ1) is 12.0. The molecule has 0 atom stereocenters. The fourth-order valence-electron chi connectivity index (χ4n) is 1.56. The zero-order valence-corrected chi connectivity index (χ0v) is 9.63. The quantitative estimate of drug-likeness (QED) is 0.666. The first-order valence-electron chi connectivity index (χ1n) is 5.21. The molecule has 0 unspecified atom stereocenters. The SMILES string of the molecule is Cn1cc(NCc2cc(F)cc([N+](=O)[O-])c2)cn1. The van der Waals surface area contributed by atoms with Gasteiger partial charge in [0, 0.05) is 25.9 Å². The van der Waals surface area contributed by atoms with Crippen LogP contribution in [0.1, 0.15) is 5.56 Å². The van der Waals surface area contributed by atoms with E-state index in [9.17, 15) is 14.5 Å². The van der Waals surface area contributed by atoms with E-state index in [1.165, 1.54) is 12.1 Å². The molecule has 0 fully saturated rings. The number of non-ortho nitro benzene ring substituents is 1. The van der Waals surface area contributed by atoms with Crippen molar-refractivity contribution in [1.82, 2.24) is 9.78 Å². The van der Waals surface area contributed by atoms with Crippen LogP contribution in [0.3, 0.4) is 0 Å². The van der Waals surface area contributed by atoms with Crippen molar-refractivity contribution in [2.75, 3.05) is 5.32 Å². The molecule has 94 valence electrons. The molecule has 0 aliphatic heterocycles. The summed E-state index contributed by atoms with van der Waals surface area (Å²) in [6.07, 6.45) is 3.38. The summed E-state index contributed by atoms with van der Waals surface area (Å²) in [5.74, 6) is -0.618. The number of aromatic nitrogens is 2. The average Bonchev–Trinajstić information content (AvgIpc) is 2.72. The van der Waals surface area contributed by atoms with Gasteiger partial charge in [-0.2, -0.15) is 5.10 Å². The molecule has 7 heteroatoms. The van der Waals surface area contributed by atoms with Gasteiger partial charge in [-0.15, -0.1) is 0 Å². The van der Waals surface area contributed by atoms with Crippen LogP contribution in [0.4, 0.5) is 15.8 Å². The summed E-state index contributed by atoms with van der Waals surface area (Å²) in [6.45, 7) is 0.296. The van der Waals surface area contributed by atoms with Crippen molar-refractivity contribution in [2.24, 2.45) is 7.05 Å². The fourth-order valence-corrected chi connectivity index (χ4v) is 1.56. The minimum Gasteiger partial charge on any atom is -0.378 e. The summed E-state index contributed by atoms with van der Waals surface area (Å²) in [5, 5.41) is 17.6. The third-order valence-electron chi connectivity index (χ3n) is 2.35. The van der Waals surface area contributed by atoms with Crippen molar-refractivity contribution in [3.8, 4) is 0 Å². The van der Waals surface area contributed by atoms with Crippen LogP contribution in [-0.2, 0) is 13.6 Å². The Kier molecular flexibility index (Phi) is 3.22. The number of nitrogens with zero attached hydrogens (tertiary/aromatic N) is 3. The molecule has 1 heterocycles. The summed E-state index contributed by atoms with van der Waals surface area (Å²) < 4.78 is 14.8. The molecule has 2 rings (SSSR count). The van der Waals surface area contributed by atoms with Crippen LogP contribution in [0.25, 0.3) is 0 Å². The minimum atomic E-state index is -0.618. The first-order chi connectivity index (χ1) is 8.54. The van der Waals surface area contributed by atoms with Crippen molar-refractivity contribution >= 4 is 11.4 Å². The van der Waals surface area contributed by atoms with E-state index < -0.39 is 10.7 Å². The van der Waals surface area contributed by atoms with E-state index in [4.69, 9.17) is 0 Å². The number of hydrogen-bond donors (Lipinski definition) is 1. The van der Waals surface area contributed by atoms with Crippen molar-refractivity contribution in [3.05, 3.63) is 52.1 Å². The smallest absolute Gasteiger partial charge is 0.272 e. The van der Waals surface area contributed by atoms with E-state index in [1.54, 1.807) is 24.1 Å². The molecule has 0 aliphatic carbocycles. The van der Waals surface area contributed by atoms with Crippen molar-refractivity contribution in [1.29, 1.82) is 0 Å². The summed E-state index contributed by atoms with van der Waals surface area (Å²) in [4.78, 5) is 9.97. The van der Waals surface area contributed by atoms with Gasteiger partial charge in [0.15, 0.2) is 0 Å². The van der Waals surface area contributed by atoms with Crippen LogP contribution in [0.5, 0.6) is 0 Å². The highest BCUT2D eigenvalue weighted by Crippen LogP contribution is 2.17. The molecule has 1 N–H and O–H groups in total. The molecular formula is C11H11FN4O2. The summed E-state index contributed by atoms with van der Waals surface area (Å²) in [7, 11) is 1.78. The third kappa shape index (κ3) is 2.82. The maximum absolute atomic E-state index is 13.2. The molecule has 1 aromatic carbocycles. The van der Waals surface area contributed by atoms with Gasteiger partial charge in [0.25, 0.3) is 5.69 Å². The Labute approximate surface area is 102 Å². The second-order valence-corrected chi connectivity index (χ2v) is 3.83. The lowest BCUT2D eigenvalue weighted by molar-refractivity contribution is -0.385. The number of nitro groups is 1. The Morgan fingerprint density at radius 2 is 2.28 bits per heavy atom. The Morgan fingerprint density at radius 3 is 2.89 bits per heavy atom. The van der Waals surface area contributed by atoms with E-state index in [0.717, 1.165) is 11.8 Å². The van der Waals surface area contributed by atoms with Crippen molar-refractivity contribution < 1.29 is 9.31 Å². The summed E-state index contributed by atoms with van der Waals surface area (Å²) in [5.41, 5.74) is 1.02. The van der Waals surface area contributed by atoms with Crippen LogP contribution >= 0.6 is 0 Å². The molecule has 0 aliphatic rings. The molecule has 0 saturated carbocycles. The van der Waals surface area contributed by atoms with Gasteiger partial charge >= 0.3 is 0 Å². The third-order valence-corrected chi connectivity index (χ3v) is 2.35. The minimum absolute atomic E-state index is 0.252. The first-order valence-corrected chi connectivity index (χ1v) is 5.21. The number of nitro benzene ring substituents is 1. The number of hydrogen-bond acceptors (Lipinski definition) is 4. The van der Waals surface area contributed by atoms with Crippen LogP contribution in [0, 0.1) is 15.9 Å². The van der Waals surface area contributed by atoms with Gasteiger partial charge in [-0.25, -0.2) is 4.39 Å². The lowest BCUT2D eigenvalue weighted by Crippen LogP contribution is -2.00. The Balaban J connectivity index is 2.11. The molecular weight excluding hydrogens is 239 g/mol. The molecule has 1 aromatic heterocycles. The van der Waals surface area contributed by atoms with Gasteiger partial charge in [-0.1, -0.05) is 0 Å². The largest absolute Gasteiger partial charge is 0.378 e. The van der Waals surface area contributed by atoms with Gasteiger partial charge in [0.05, 0.1) is 22.9 Å². The summed E-state index contributed by atoms with van der Waals surface area (Å²) in [6, 6.07) is 3.50. The monoisotopic (exact) mass is 250 g/mol. The lowest BCUT2D eigenvalue weighted by Gasteiger charge is -2.04. The molecule has 6 nitrogen and oxygen atoms in total. The maximum atomic E-state index is 13.2. The molecule has 18 heavy (non-hydrogen) atoms.